The van der Waals surface area contributed by atoms with E-state index in [1.807, 2.05) is 31.3 Å². The Balaban J connectivity index is 1.41. The van der Waals surface area contributed by atoms with E-state index in [0.717, 1.165) is 25.1 Å². The fourth-order valence-corrected chi connectivity index (χ4v) is 4.25. The number of amides is 2. The summed E-state index contributed by atoms with van der Waals surface area (Å²) >= 11 is 0. The van der Waals surface area contributed by atoms with Crippen molar-refractivity contribution in [3.05, 3.63) is 29.6 Å². The molecule has 0 aliphatic carbocycles. The molecule has 3 aliphatic heterocycles. The maximum Gasteiger partial charge on any atom is 0.255 e. The number of guanidine groups is 1. The normalized spacial score (nSPS) is 23.6. The predicted molar refractivity (Wildman–Crippen MR) is 106 cm³/mol. The Morgan fingerprint density at radius 2 is 2.11 bits per heavy atom. The third kappa shape index (κ3) is 3.61. The maximum atomic E-state index is 13.0. The predicted octanol–water partition coefficient (Wildman–Crippen LogP) is 0.256. The van der Waals surface area contributed by atoms with E-state index < -0.39 is 5.54 Å². The molecule has 8 nitrogen and oxygen atoms in total. The lowest BCUT2D eigenvalue weighted by atomic mass is 9.87. The third-order valence-corrected chi connectivity index (χ3v) is 6.00. The number of hydrogen-bond donors (Lipinski definition) is 2. The van der Waals surface area contributed by atoms with Crippen LogP contribution in [0, 0.1) is 5.92 Å². The highest BCUT2D eigenvalue weighted by atomic mass is 16.2. The Labute approximate surface area is 165 Å². The molecule has 0 bridgehead atoms. The van der Waals surface area contributed by atoms with Crippen LogP contribution in [0.25, 0.3) is 0 Å². The van der Waals surface area contributed by atoms with E-state index in [2.05, 4.69) is 20.6 Å². The van der Waals surface area contributed by atoms with Crippen molar-refractivity contribution < 1.29 is 9.59 Å². The van der Waals surface area contributed by atoms with Crippen LogP contribution in [-0.2, 0) is 11.2 Å². The first kappa shape index (κ1) is 18.9. The van der Waals surface area contributed by atoms with Crippen LogP contribution < -0.4 is 10.6 Å². The fourth-order valence-electron chi connectivity index (χ4n) is 4.25. The van der Waals surface area contributed by atoms with Crippen molar-refractivity contribution in [2.24, 2.45) is 10.9 Å². The molecule has 150 valence electrons. The van der Waals surface area contributed by atoms with E-state index in [-0.39, 0.29) is 11.8 Å². The lowest BCUT2D eigenvalue weighted by molar-refractivity contribution is -0.125. The van der Waals surface area contributed by atoms with Gasteiger partial charge in [-0.1, -0.05) is 0 Å². The van der Waals surface area contributed by atoms with Crippen molar-refractivity contribution in [2.45, 2.75) is 31.2 Å². The fraction of sp³-hybridized carbons (Fsp3) is 0.600. The minimum Gasteiger partial charge on any atom is -0.349 e. The van der Waals surface area contributed by atoms with Gasteiger partial charge in [0.2, 0.25) is 5.96 Å². The van der Waals surface area contributed by atoms with Crippen LogP contribution in [0.5, 0.6) is 0 Å². The molecule has 2 saturated heterocycles. The summed E-state index contributed by atoms with van der Waals surface area (Å²) in [5.41, 5.74) is 1.02. The molecule has 0 aromatic carbocycles. The van der Waals surface area contributed by atoms with E-state index >= 15 is 0 Å². The Hall–Kier alpha value is -2.48. The lowest BCUT2D eigenvalue weighted by Crippen LogP contribution is -2.50. The molecular weight excluding hydrogens is 356 g/mol. The van der Waals surface area contributed by atoms with Gasteiger partial charge in [0.05, 0.1) is 5.56 Å². The molecule has 28 heavy (non-hydrogen) atoms. The van der Waals surface area contributed by atoms with Crippen LogP contribution in [0.3, 0.4) is 0 Å². The minimum absolute atomic E-state index is 0.0102. The summed E-state index contributed by atoms with van der Waals surface area (Å²) in [4.78, 5) is 38.0. The molecule has 2 amide bonds. The van der Waals surface area contributed by atoms with Crippen LogP contribution in [0.4, 0.5) is 0 Å². The topological polar surface area (TPSA) is 89.9 Å². The van der Waals surface area contributed by atoms with Gasteiger partial charge in [0, 0.05) is 39.6 Å². The van der Waals surface area contributed by atoms with Gasteiger partial charge in [-0.05, 0) is 56.3 Å². The molecule has 1 aromatic heterocycles. The Morgan fingerprint density at radius 3 is 2.75 bits per heavy atom. The van der Waals surface area contributed by atoms with E-state index in [1.165, 1.54) is 6.42 Å². The average molecular weight is 384 g/mol. The first-order chi connectivity index (χ1) is 13.5. The van der Waals surface area contributed by atoms with Crippen LogP contribution in [0.15, 0.2) is 23.5 Å². The molecule has 2 fully saturated rings. The van der Waals surface area contributed by atoms with Crippen LogP contribution in [0.2, 0.25) is 0 Å². The van der Waals surface area contributed by atoms with Crippen molar-refractivity contribution in [1.29, 1.82) is 0 Å². The Kier molecular flexibility index (Phi) is 5.05. The first-order valence-electron chi connectivity index (χ1n) is 9.99. The summed E-state index contributed by atoms with van der Waals surface area (Å²) in [6.07, 6.45) is 6.72. The molecule has 1 unspecified atom stereocenters. The quantitative estimate of drug-likeness (QED) is 0.780. The number of hydrogen-bond acceptors (Lipinski definition) is 6. The second-order valence-corrected chi connectivity index (χ2v) is 8.25. The van der Waals surface area contributed by atoms with Gasteiger partial charge in [0.15, 0.2) is 0 Å². The summed E-state index contributed by atoms with van der Waals surface area (Å²) < 4.78 is 0. The highest BCUT2D eigenvalue weighted by molar-refractivity contribution is 6.07. The number of rotatable bonds is 3. The van der Waals surface area contributed by atoms with Gasteiger partial charge >= 0.3 is 0 Å². The van der Waals surface area contributed by atoms with Gasteiger partial charge < -0.3 is 15.1 Å². The highest BCUT2D eigenvalue weighted by Gasteiger charge is 2.46. The Morgan fingerprint density at radius 1 is 1.32 bits per heavy atom. The summed E-state index contributed by atoms with van der Waals surface area (Å²) in [6.45, 7) is 3.14. The van der Waals surface area contributed by atoms with E-state index in [9.17, 15) is 9.59 Å². The molecule has 4 heterocycles. The van der Waals surface area contributed by atoms with E-state index in [4.69, 9.17) is 0 Å². The number of nitrogens with zero attached hydrogens (tertiary/aromatic N) is 4. The second-order valence-electron chi connectivity index (χ2n) is 8.25. The van der Waals surface area contributed by atoms with Gasteiger partial charge in [-0.3, -0.25) is 19.9 Å². The molecule has 1 aromatic rings. The SMILES string of the molecule is CN(C)C1=NC2(CCN(C(=O)c3cncc(CC4CCNC4)c3)CC2)C(=O)N1. The van der Waals surface area contributed by atoms with Crippen molar-refractivity contribution in [2.75, 3.05) is 40.3 Å². The second kappa shape index (κ2) is 7.50. The summed E-state index contributed by atoms with van der Waals surface area (Å²) in [6, 6.07) is 1.97. The largest absolute Gasteiger partial charge is 0.349 e. The van der Waals surface area contributed by atoms with E-state index in [1.54, 1.807) is 11.1 Å². The molecule has 0 radical (unpaired) electrons. The van der Waals surface area contributed by atoms with Gasteiger partial charge in [-0.2, -0.15) is 0 Å². The number of pyridine rings is 1. The summed E-state index contributed by atoms with van der Waals surface area (Å²) in [5, 5.41) is 6.23. The molecular formula is C20H28N6O2. The molecule has 0 saturated carbocycles. The number of carbonyl (C=O) groups excluding carboxylic acids is 2. The third-order valence-electron chi connectivity index (χ3n) is 6.00. The van der Waals surface area contributed by atoms with Gasteiger partial charge in [0.1, 0.15) is 5.54 Å². The number of likely N-dealkylation sites (tertiary alicyclic amines) is 1. The van der Waals surface area contributed by atoms with Crippen molar-refractivity contribution in [3.8, 4) is 0 Å². The van der Waals surface area contributed by atoms with Crippen molar-refractivity contribution in [3.63, 3.8) is 0 Å². The van der Waals surface area contributed by atoms with Gasteiger partial charge in [-0.15, -0.1) is 0 Å². The van der Waals surface area contributed by atoms with E-state index in [0.29, 0.717) is 43.4 Å². The van der Waals surface area contributed by atoms with Gasteiger partial charge in [-0.25, -0.2) is 4.99 Å². The summed E-state index contributed by atoms with van der Waals surface area (Å²) in [5.74, 6) is 1.15. The zero-order valence-corrected chi connectivity index (χ0v) is 16.6. The monoisotopic (exact) mass is 384 g/mol. The molecule has 1 atom stereocenters. The van der Waals surface area contributed by atoms with Crippen molar-refractivity contribution >= 4 is 17.8 Å². The van der Waals surface area contributed by atoms with Gasteiger partial charge in [0.25, 0.3) is 11.8 Å². The molecule has 2 N–H and O–H groups in total. The first-order valence-corrected chi connectivity index (χ1v) is 9.99. The number of carbonyl (C=O) groups is 2. The molecule has 8 heteroatoms. The lowest BCUT2D eigenvalue weighted by Gasteiger charge is -2.35. The number of aromatic nitrogens is 1. The van der Waals surface area contributed by atoms with Crippen LogP contribution in [0.1, 0.15) is 35.2 Å². The van der Waals surface area contributed by atoms with Crippen LogP contribution in [-0.4, -0.2) is 78.4 Å². The highest BCUT2D eigenvalue weighted by Crippen LogP contribution is 2.31. The number of nitrogens with one attached hydrogen (secondary N) is 2. The standard InChI is InChI=1S/C20H28N6O2/c1-25(2)19-23-18(28)20(24-19)4-7-26(8-5-20)17(27)16-10-15(12-22-13-16)9-14-3-6-21-11-14/h10,12-14,21H,3-9,11H2,1-2H3,(H,23,24,28). The zero-order chi connectivity index (χ0) is 19.7. The summed E-state index contributed by atoms with van der Waals surface area (Å²) in [7, 11) is 3.72. The van der Waals surface area contributed by atoms with Crippen molar-refractivity contribution in [1.82, 2.24) is 25.4 Å². The number of aliphatic imine (C=N–C) groups is 1. The average Bonchev–Trinajstić information content (AvgIpc) is 3.31. The minimum atomic E-state index is -0.730. The molecule has 1 spiro atoms. The Bertz CT molecular complexity index is 792. The molecule has 3 aliphatic rings. The smallest absolute Gasteiger partial charge is 0.255 e. The zero-order valence-electron chi connectivity index (χ0n) is 16.6. The maximum absolute atomic E-state index is 13.0. The van der Waals surface area contributed by atoms with Crippen LogP contribution >= 0.6 is 0 Å². The molecule has 4 rings (SSSR count). The number of piperidine rings is 1.